The van der Waals surface area contributed by atoms with Crippen molar-refractivity contribution < 1.29 is 27.4 Å². The number of ether oxygens (including phenoxy) is 2. The maximum atomic E-state index is 12.6. The second-order valence-corrected chi connectivity index (χ2v) is 4.16. The number of halogens is 3. The predicted octanol–water partition coefficient (Wildman–Crippen LogP) is 4.32. The molecule has 0 heterocycles. The van der Waals surface area contributed by atoms with Crippen molar-refractivity contribution in [1.29, 1.82) is 0 Å². The first-order valence-electron chi connectivity index (χ1n) is 5.92. The highest BCUT2D eigenvalue weighted by Gasteiger charge is 2.30. The predicted molar refractivity (Wildman–Crippen MR) is 69.9 cm³/mol. The molecule has 0 aliphatic heterocycles. The molecular weight excluding hydrogens is 285 g/mol. The zero-order chi connectivity index (χ0) is 15.5. The quantitative estimate of drug-likeness (QED) is 0.788. The minimum atomic E-state index is -4.44. The van der Waals surface area contributed by atoms with E-state index in [-0.39, 0.29) is 17.2 Å². The second kappa shape index (κ2) is 5.87. The first kappa shape index (κ1) is 14.9. The van der Waals surface area contributed by atoms with Crippen LogP contribution < -0.4 is 9.47 Å². The van der Waals surface area contributed by atoms with E-state index in [1.54, 1.807) is 0 Å². The summed E-state index contributed by atoms with van der Waals surface area (Å²) in [7, 11) is 1.38. The molecule has 2 aromatic carbocycles. The Labute approximate surface area is 118 Å². The summed E-state index contributed by atoms with van der Waals surface area (Å²) in [5.41, 5.74) is -0.424. The Morgan fingerprint density at radius 2 is 1.81 bits per heavy atom. The average Bonchev–Trinajstić information content (AvgIpc) is 2.47. The zero-order valence-electron chi connectivity index (χ0n) is 11.0. The lowest BCUT2D eigenvalue weighted by molar-refractivity contribution is -0.137. The Kier molecular flexibility index (Phi) is 4.16. The molecule has 0 N–H and O–H groups in total. The van der Waals surface area contributed by atoms with Crippen LogP contribution in [0, 0.1) is 0 Å². The summed E-state index contributed by atoms with van der Waals surface area (Å²) in [6, 6.07) is 8.90. The zero-order valence-corrected chi connectivity index (χ0v) is 11.0. The molecule has 2 rings (SSSR count). The van der Waals surface area contributed by atoms with Gasteiger partial charge in [-0.2, -0.15) is 13.2 Å². The third kappa shape index (κ3) is 3.53. The van der Waals surface area contributed by atoms with Gasteiger partial charge in [-0.3, -0.25) is 4.79 Å². The van der Waals surface area contributed by atoms with Crippen molar-refractivity contribution in [2.45, 2.75) is 6.18 Å². The maximum Gasteiger partial charge on any atom is 0.416 e. The highest BCUT2D eigenvalue weighted by molar-refractivity contribution is 5.76. The Hall–Kier alpha value is -2.50. The van der Waals surface area contributed by atoms with Gasteiger partial charge in [0, 0.05) is 5.56 Å². The van der Waals surface area contributed by atoms with Crippen LogP contribution >= 0.6 is 0 Å². The average molecular weight is 296 g/mol. The Bertz CT molecular complexity index is 651. The molecule has 0 aliphatic rings. The van der Waals surface area contributed by atoms with E-state index in [4.69, 9.17) is 9.47 Å². The first-order valence-corrected chi connectivity index (χ1v) is 5.92. The monoisotopic (exact) mass is 296 g/mol. The highest BCUT2D eigenvalue weighted by atomic mass is 19.4. The van der Waals surface area contributed by atoms with Gasteiger partial charge in [0.2, 0.25) is 0 Å². The summed E-state index contributed by atoms with van der Waals surface area (Å²) in [5.74, 6) is 0.515. The normalized spacial score (nSPS) is 11.0. The number of carbonyl (C=O) groups excluding carboxylic acids is 1. The number of carbonyl (C=O) groups is 1. The summed E-state index contributed by atoms with van der Waals surface area (Å²) in [5, 5.41) is 0. The van der Waals surface area contributed by atoms with Crippen LogP contribution in [-0.4, -0.2) is 13.4 Å². The molecule has 2 aromatic rings. The molecule has 110 valence electrons. The number of hydrogen-bond acceptors (Lipinski definition) is 3. The SMILES string of the molecule is COc1cc(C=O)ccc1Oc1cccc(C(F)(F)F)c1. The van der Waals surface area contributed by atoms with Crippen molar-refractivity contribution in [2.75, 3.05) is 7.11 Å². The largest absolute Gasteiger partial charge is 0.493 e. The number of benzene rings is 2. The lowest BCUT2D eigenvalue weighted by Gasteiger charge is -2.12. The molecule has 3 nitrogen and oxygen atoms in total. The van der Waals surface area contributed by atoms with Gasteiger partial charge in [-0.15, -0.1) is 0 Å². The maximum absolute atomic E-state index is 12.6. The van der Waals surface area contributed by atoms with Gasteiger partial charge in [-0.05, 0) is 36.4 Å². The van der Waals surface area contributed by atoms with E-state index in [1.165, 1.54) is 37.4 Å². The van der Waals surface area contributed by atoms with Gasteiger partial charge in [0.1, 0.15) is 12.0 Å². The molecule has 21 heavy (non-hydrogen) atoms. The molecule has 0 saturated carbocycles. The highest BCUT2D eigenvalue weighted by Crippen LogP contribution is 2.35. The Morgan fingerprint density at radius 3 is 2.43 bits per heavy atom. The molecule has 0 amide bonds. The van der Waals surface area contributed by atoms with Crippen LogP contribution in [-0.2, 0) is 6.18 Å². The third-order valence-corrected chi connectivity index (χ3v) is 2.71. The number of aldehydes is 1. The number of rotatable bonds is 4. The van der Waals surface area contributed by atoms with E-state index in [0.29, 0.717) is 11.8 Å². The number of methoxy groups -OCH3 is 1. The molecule has 0 bridgehead atoms. The summed E-state index contributed by atoms with van der Waals surface area (Å²) in [4.78, 5) is 10.7. The van der Waals surface area contributed by atoms with E-state index in [1.807, 2.05) is 0 Å². The molecule has 0 saturated heterocycles. The van der Waals surface area contributed by atoms with Crippen LogP contribution in [0.2, 0.25) is 0 Å². The molecule has 0 fully saturated rings. The van der Waals surface area contributed by atoms with Crippen LogP contribution in [0.3, 0.4) is 0 Å². The van der Waals surface area contributed by atoms with Crippen LogP contribution in [0.1, 0.15) is 15.9 Å². The van der Waals surface area contributed by atoms with Gasteiger partial charge < -0.3 is 9.47 Å². The van der Waals surface area contributed by atoms with Crippen LogP contribution in [0.25, 0.3) is 0 Å². The lowest BCUT2D eigenvalue weighted by Crippen LogP contribution is -2.04. The van der Waals surface area contributed by atoms with Crippen molar-refractivity contribution in [1.82, 2.24) is 0 Å². The summed E-state index contributed by atoms with van der Waals surface area (Å²) in [6.07, 6.45) is -3.80. The fourth-order valence-corrected chi connectivity index (χ4v) is 1.70. The van der Waals surface area contributed by atoms with Crippen LogP contribution in [0.4, 0.5) is 13.2 Å². The minimum Gasteiger partial charge on any atom is -0.493 e. The Balaban J connectivity index is 2.32. The van der Waals surface area contributed by atoms with E-state index in [2.05, 4.69) is 0 Å². The second-order valence-electron chi connectivity index (χ2n) is 4.16. The van der Waals surface area contributed by atoms with Gasteiger partial charge in [-0.1, -0.05) is 6.07 Å². The van der Waals surface area contributed by atoms with E-state index >= 15 is 0 Å². The number of hydrogen-bond donors (Lipinski definition) is 0. The summed E-state index contributed by atoms with van der Waals surface area (Å²) >= 11 is 0. The van der Waals surface area contributed by atoms with Gasteiger partial charge in [-0.25, -0.2) is 0 Å². The smallest absolute Gasteiger partial charge is 0.416 e. The van der Waals surface area contributed by atoms with E-state index in [9.17, 15) is 18.0 Å². The van der Waals surface area contributed by atoms with Crippen LogP contribution in [0.5, 0.6) is 17.2 Å². The fraction of sp³-hybridized carbons (Fsp3) is 0.133. The van der Waals surface area contributed by atoms with Crippen LogP contribution in [0.15, 0.2) is 42.5 Å². The van der Waals surface area contributed by atoms with E-state index in [0.717, 1.165) is 12.1 Å². The first-order chi connectivity index (χ1) is 9.94. The molecule has 0 atom stereocenters. The molecule has 0 spiro atoms. The molecular formula is C15H11F3O3. The van der Waals surface area contributed by atoms with Gasteiger partial charge in [0.25, 0.3) is 0 Å². The van der Waals surface area contributed by atoms with Gasteiger partial charge >= 0.3 is 6.18 Å². The van der Waals surface area contributed by atoms with Crippen molar-refractivity contribution in [3.05, 3.63) is 53.6 Å². The minimum absolute atomic E-state index is 0.0296. The number of alkyl halides is 3. The van der Waals surface area contributed by atoms with Crippen molar-refractivity contribution in [2.24, 2.45) is 0 Å². The van der Waals surface area contributed by atoms with Gasteiger partial charge in [0.05, 0.1) is 12.7 Å². The standard InChI is InChI=1S/C15H11F3O3/c1-20-14-7-10(9-19)5-6-13(14)21-12-4-2-3-11(8-12)15(16,17)18/h2-9H,1H3. The van der Waals surface area contributed by atoms with E-state index < -0.39 is 11.7 Å². The summed E-state index contributed by atoms with van der Waals surface area (Å²) < 4.78 is 48.3. The molecule has 0 radical (unpaired) electrons. The fourth-order valence-electron chi connectivity index (χ4n) is 1.70. The van der Waals surface area contributed by atoms with Crippen molar-refractivity contribution >= 4 is 6.29 Å². The molecule has 0 aliphatic carbocycles. The topological polar surface area (TPSA) is 35.5 Å². The summed E-state index contributed by atoms with van der Waals surface area (Å²) in [6.45, 7) is 0. The van der Waals surface area contributed by atoms with Crippen molar-refractivity contribution in [3.63, 3.8) is 0 Å². The Morgan fingerprint density at radius 1 is 1.05 bits per heavy atom. The molecule has 0 unspecified atom stereocenters. The molecule has 6 heteroatoms. The van der Waals surface area contributed by atoms with Gasteiger partial charge in [0.15, 0.2) is 11.5 Å². The lowest BCUT2D eigenvalue weighted by atomic mass is 10.2. The molecule has 0 aromatic heterocycles. The third-order valence-electron chi connectivity index (χ3n) is 2.71. The van der Waals surface area contributed by atoms with Crippen molar-refractivity contribution in [3.8, 4) is 17.2 Å².